The Bertz CT molecular complexity index is 635. The fourth-order valence-corrected chi connectivity index (χ4v) is 3.18. The number of benzene rings is 1. The second kappa shape index (κ2) is 6.82. The SMILES string of the molecule is CCc1nn(CC)c(CC(N)c2ccc(C)cc2Cl)c1Cl. The molecule has 0 fully saturated rings. The number of hydrogen-bond acceptors (Lipinski definition) is 2. The van der Waals surface area contributed by atoms with Crippen molar-refractivity contribution in [2.24, 2.45) is 5.73 Å². The number of nitrogens with two attached hydrogens (primary N) is 1. The third-order valence-electron chi connectivity index (χ3n) is 3.66. The van der Waals surface area contributed by atoms with Crippen LogP contribution >= 0.6 is 23.2 Å². The van der Waals surface area contributed by atoms with Gasteiger partial charge in [-0.2, -0.15) is 5.10 Å². The van der Waals surface area contributed by atoms with Gasteiger partial charge in [0.1, 0.15) is 0 Å². The summed E-state index contributed by atoms with van der Waals surface area (Å²) in [6.45, 7) is 6.90. The minimum Gasteiger partial charge on any atom is -0.324 e. The molecule has 21 heavy (non-hydrogen) atoms. The summed E-state index contributed by atoms with van der Waals surface area (Å²) in [5, 5.41) is 5.97. The molecule has 1 heterocycles. The predicted molar refractivity (Wildman–Crippen MR) is 89.1 cm³/mol. The van der Waals surface area contributed by atoms with Crippen molar-refractivity contribution in [3.05, 3.63) is 50.8 Å². The Morgan fingerprint density at radius 1 is 1.29 bits per heavy atom. The quantitative estimate of drug-likeness (QED) is 0.889. The van der Waals surface area contributed by atoms with Gasteiger partial charge in [0.05, 0.1) is 16.4 Å². The Kier molecular flexibility index (Phi) is 5.31. The van der Waals surface area contributed by atoms with Crippen LogP contribution in [0, 0.1) is 6.92 Å². The van der Waals surface area contributed by atoms with E-state index in [1.54, 1.807) is 0 Å². The maximum atomic E-state index is 6.43. The lowest BCUT2D eigenvalue weighted by molar-refractivity contribution is 0.585. The molecule has 114 valence electrons. The van der Waals surface area contributed by atoms with E-state index in [0.717, 1.165) is 40.5 Å². The van der Waals surface area contributed by atoms with E-state index in [4.69, 9.17) is 28.9 Å². The van der Waals surface area contributed by atoms with Gasteiger partial charge < -0.3 is 5.73 Å². The van der Waals surface area contributed by atoms with Crippen molar-refractivity contribution in [2.75, 3.05) is 0 Å². The standard InChI is InChI=1S/C16H21Cl2N3/c1-4-14-16(18)15(21(5-2)20-14)9-13(19)11-7-6-10(3)8-12(11)17/h6-8,13H,4-5,9,19H2,1-3H3. The van der Waals surface area contributed by atoms with E-state index < -0.39 is 0 Å². The molecule has 0 bridgehead atoms. The number of halogens is 2. The van der Waals surface area contributed by atoms with E-state index in [1.165, 1.54) is 0 Å². The van der Waals surface area contributed by atoms with Gasteiger partial charge in [0.2, 0.25) is 0 Å². The highest BCUT2D eigenvalue weighted by Gasteiger charge is 2.19. The molecule has 1 unspecified atom stereocenters. The van der Waals surface area contributed by atoms with Crippen LogP contribution in [0.5, 0.6) is 0 Å². The van der Waals surface area contributed by atoms with Gasteiger partial charge in [-0.15, -0.1) is 0 Å². The summed E-state index contributed by atoms with van der Waals surface area (Å²) in [6.07, 6.45) is 1.45. The lowest BCUT2D eigenvalue weighted by atomic mass is 10.0. The lowest BCUT2D eigenvalue weighted by Crippen LogP contribution is -2.17. The summed E-state index contributed by atoms with van der Waals surface area (Å²) < 4.78 is 1.93. The number of rotatable bonds is 5. The molecule has 2 N–H and O–H groups in total. The third kappa shape index (κ3) is 3.42. The zero-order chi connectivity index (χ0) is 15.6. The average Bonchev–Trinajstić information content (AvgIpc) is 2.75. The summed E-state index contributed by atoms with van der Waals surface area (Å²) in [7, 11) is 0. The van der Waals surface area contributed by atoms with Crippen LogP contribution in [0.3, 0.4) is 0 Å². The normalized spacial score (nSPS) is 12.7. The van der Waals surface area contributed by atoms with Crippen LogP contribution < -0.4 is 5.73 Å². The van der Waals surface area contributed by atoms with Crippen LogP contribution in [-0.4, -0.2) is 9.78 Å². The van der Waals surface area contributed by atoms with E-state index in [1.807, 2.05) is 29.8 Å². The molecule has 0 spiro atoms. The molecule has 0 saturated carbocycles. The third-order valence-corrected chi connectivity index (χ3v) is 4.43. The second-order valence-electron chi connectivity index (χ2n) is 5.21. The highest BCUT2D eigenvalue weighted by molar-refractivity contribution is 6.32. The monoisotopic (exact) mass is 325 g/mol. The zero-order valence-electron chi connectivity index (χ0n) is 12.7. The van der Waals surface area contributed by atoms with Gasteiger partial charge in [-0.3, -0.25) is 4.68 Å². The highest BCUT2D eigenvalue weighted by Crippen LogP contribution is 2.29. The maximum absolute atomic E-state index is 6.43. The Morgan fingerprint density at radius 3 is 2.57 bits per heavy atom. The minimum atomic E-state index is -0.192. The summed E-state index contributed by atoms with van der Waals surface area (Å²) in [5.74, 6) is 0. The second-order valence-corrected chi connectivity index (χ2v) is 6.00. The summed E-state index contributed by atoms with van der Waals surface area (Å²) in [6, 6.07) is 5.76. The van der Waals surface area contributed by atoms with E-state index >= 15 is 0 Å². The fraction of sp³-hybridized carbons (Fsp3) is 0.438. The number of aromatic nitrogens is 2. The molecule has 5 heteroatoms. The first kappa shape index (κ1) is 16.3. The molecule has 1 aromatic carbocycles. The first-order valence-electron chi connectivity index (χ1n) is 7.23. The van der Waals surface area contributed by atoms with E-state index in [9.17, 15) is 0 Å². The van der Waals surface area contributed by atoms with Crippen molar-refractivity contribution in [1.29, 1.82) is 0 Å². The molecule has 0 radical (unpaired) electrons. The largest absolute Gasteiger partial charge is 0.324 e. The Labute approximate surface area is 136 Å². The first-order chi connectivity index (χ1) is 9.97. The predicted octanol–water partition coefficient (Wildman–Crippen LogP) is 4.32. The molecule has 1 aromatic heterocycles. The van der Waals surface area contributed by atoms with E-state index in [-0.39, 0.29) is 6.04 Å². The average molecular weight is 326 g/mol. The van der Waals surface area contributed by atoms with Crippen LogP contribution in [0.15, 0.2) is 18.2 Å². The smallest absolute Gasteiger partial charge is 0.0850 e. The first-order valence-corrected chi connectivity index (χ1v) is 7.99. The van der Waals surface area contributed by atoms with Gasteiger partial charge in [-0.05, 0) is 37.5 Å². The van der Waals surface area contributed by atoms with Gasteiger partial charge >= 0.3 is 0 Å². The van der Waals surface area contributed by atoms with Crippen molar-refractivity contribution in [3.8, 4) is 0 Å². The molecule has 0 amide bonds. The van der Waals surface area contributed by atoms with Crippen LogP contribution in [-0.2, 0) is 19.4 Å². The van der Waals surface area contributed by atoms with E-state index in [0.29, 0.717) is 11.4 Å². The zero-order valence-corrected chi connectivity index (χ0v) is 14.2. The minimum absolute atomic E-state index is 0.192. The fourth-order valence-electron chi connectivity index (χ4n) is 2.46. The molecule has 1 atom stereocenters. The van der Waals surface area contributed by atoms with Crippen molar-refractivity contribution in [2.45, 2.75) is 46.2 Å². The summed E-state index contributed by atoms with van der Waals surface area (Å²) in [4.78, 5) is 0. The molecule has 0 saturated heterocycles. The molecule has 2 aromatic rings. The van der Waals surface area contributed by atoms with Gasteiger partial charge in [0.25, 0.3) is 0 Å². The highest BCUT2D eigenvalue weighted by atomic mass is 35.5. The molecule has 0 aliphatic heterocycles. The lowest BCUT2D eigenvalue weighted by Gasteiger charge is -2.15. The van der Waals surface area contributed by atoms with Crippen molar-refractivity contribution in [1.82, 2.24) is 9.78 Å². The Balaban J connectivity index is 2.31. The molecular formula is C16H21Cl2N3. The molecular weight excluding hydrogens is 305 g/mol. The molecule has 2 rings (SSSR count). The van der Waals surface area contributed by atoms with Crippen LogP contribution in [0.1, 0.15) is 42.4 Å². The van der Waals surface area contributed by atoms with Crippen molar-refractivity contribution < 1.29 is 0 Å². The number of hydrogen-bond donors (Lipinski definition) is 1. The van der Waals surface area contributed by atoms with Crippen LogP contribution in [0.2, 0.25) is 10.0 Å². The summed E-state index contributed by atoms with van der Waals surface area (Å²) in [5.41, 5.74) is 10.3. The maximum Gasteiger partial charge on any atom is 0.0850 e. The van der Waals surface area contributed by atoms with Crippen LogP contribution in [0.4, 0.5) is 0 Å². The Hall–Kier alpha value is -1.03. The van der Waals surface area contributed by atoms with Gasteiger partial charge in [-0.25, -0.2) is 0 Å². The van der Waals surface area contributed by atoms with Crippen LogP contribution in [0.25, 0.3) is 0 Å². The topological polar surface area (TPSA) is 43.8 Å². The molecule has 3 nitrogen and oxygen atoms in total. The summed E-state index contributed by atoms with van der Waals surface area (Å²) >= 11 is 12.7. The van der Waals surface area contributed by atoms with E-state index in [2.05, 4.69) is 18.9 Å². The van der Waals surface area contributed by atoms with Crippen molar-refractivity contribution in [3.63, 3.8) is 0 Å². The van der Waals surface area contributed by atoms with Gasteiger partial charge in [0, 0.05) is 24.0 Å². The molecule has 0 aliphatic carbocycles. The van der Waals surface area contributed by atoms with Crippen molar-refractivity contribution >= 4 is 23.2 Å². The number of nitrogens with zero attached hydrogens (tertiary/aromatic N) is 2. The number of aryl methyl sites for hydroxylation is 3. The van der Waals surface area contributed by atoms with Gasteiger partial charge in [-0.1, -0.05) is 42.3 Å². The molecule has 0 aliphatic rings. The Morgan fingerprint density at radius 2 is 2.00 bits per heavy atom. The van der Waals surface area contributed by atoms with Gasteiger partial charge in [0.15, 0.2) is 0 Å².